The van der Waals surface area contributed by atoms with Crippen LogP contribution in [0.25, 0.3) is 0 Å². The number of ether oxygens (including phenoxy) is 1. The maximum atomic E-state index is 5.16. The van der Waals surface area contributed by atoms with Crippen molar-refractivity contribution in [1.82, 2.24) is 14.8 Å². The molecule has 0 spiro atoms. The highest BCUT2D eigenvalue weighted by Gasteiger charge is 2.04. The van der Waals surface area contributed by atoms with Crippen LogP contribution in [0.5, 0.6) is 5.75 Å². The third-order valence-electron chi connectivity index (χ3n) is 2.70. The molecule has 2 rings (SSSR count). The summed E-state index contributed by atoms with van der Waals surface area (Å²) in [5.74, 6) is 2.65. The SMILES string of the molecule is COc1cccc(NCc2nnc(C)n2C)c1. The smallest absolute Gasteiger partial charge is 0.152 e. The Morgan fingerprint density at radius 3 is 2.82 bits per heavy atom. The summed E-state index contributed by atoms with van der Waals surface area (Å²) >= 11 is 0. The van der Waals surface area contributed by atoms with E-state index in [9.17, 15) is 0 Å². The molecule has 0 bridgehead atoms. The molecular weight excluding hydrogens is 216 g/mol. The Labute approximate surface area is 100 Å². The normalized spacial score (nSPS) is 10.3. The number of hydrogen-bond donors (Lipinski definition) is 1. The van der Waals surface area contributed by atoms with Crippen molar-refractivity contribution in [1.29, 1.82) is 0 Å². The monoisotopic (exact) mass is 232 g/mol. The van der Waals surface area contributed by atoms with Crippen molar-refractivity contribution in [3.05, 3.63) is 35.9 Å². The van der Waals surface area contributed by atoms with E-state index in [1.165, 1.54) is 0 Å². The molecule has 0 aliphatic carbocycles. The van der Waals surface area contributed by atoms with Crippen LogP contribution in [0.15, 0.2) is 24.3 Å². The molecule has 1 N–H and O–H groups in total. The van der Waals surface area contributed by atoms with Crippen LogP contribution in [0.3, 0.4) is 0 Å². The van der Waals surface area contributed by atoms with Gasteiger partial charge >= 0.3 is 0 Å². The van der Waals surface area contributed by atoms with Gasteiger partial charge in [0.25, 0.3) is 0 Å². The molecule has 0 radical (unpaired) electrons. The van der Waals surface area contributed by atoms with Crippen LogP contribution >= 0.6 is 0 Å². The Kier molecular flexibility index (Phi) is 3.27. The van der Waals surface area contributed by atoms with Crippen molar-refractivity contribution in [3.63, 3.8) is 0 Å². The maximum absolute atomic E-state index is 5.16. The quantitative estimate of drug-likeness (QED) is 0.872. The molecule has 0 atom stereocenters. The molecule has 2 aromatic rings. The molecular formula is C12H16N4O. The van der Waals surface area contributed by atoms with E-state index in [1.54, 1.807) is 7.11 Å². The van der Waals surface area contributed by atoms with Gasteiger partial charge in [-0.15, -0.1) is 10.2 Å². The van der Waals surface area contributed by atoms with Gasteiger partial charge < -0.3 is 14.6 Å². The molecule has 1 heterocycles. The molecule has 90 valence electrons. The van der Waals surface area contributed by atoms with Crippen LogP contribution in [0, 0.1) is 6.92 Å². The predicted octanol–water partition coefficient (Wildman–Crippen LogP) is 1.74. The summed E-state index contributed by atoms with van der Waals surface area (Å²) in [6.07, 6.45) is 0. The number of benzene rings is 1. The Hall–Kier alpha value is -2.04. The lowest BCUT2D eigenvalue weighted by Gasteiger charge is -2.07. The summed E-state index contributed by atoms with van der Waals surface area (Å²) in [6, 6.07) is 7.80. The van der Waals surface area contributed by atoms with E-state index in [-0.39, 0.29) is 0 Å². The van der Waals surface area contributed by atoms with Gasteiger partial charge in [-0.05, 0) is 19.1 Å². The van der Waals surface area contributed by atoms with Crippen molar-refractivity contribution < 1.29 is 4.74 Å². The minimum absolute atomic E-state index is 0.643. The minimum atomic E-state index is 0.643. The number of hydrogen-bond acceptors (Lipinski definition) is 4. The molecule has 5 nitrogen and oxygen atoms in total. The number of nitrogens with zero attached hydrogens (tertiary/aromatic N) is 3. The van der Waals surface area contributed by atoms with Crippen LogP contribution in [0.4, 0.5) is 5.69 Å². The fraction of sp³-hybridized carbons (Fsp3) is 0.333. The van der Waals surface area contributed by atoms with Crippen LogP contribution in [-0.4, -0.2) is 21.9 Å². The first-order valence-corrected chi connectivity index (χ1v) is 5.43. The number of methoxy groups -OCH3 is 1. The third kappa shape index (κ3) is 2.55. The Morgan fingerprint density at radius 1 is 1.35 bits per heavy atom. The zero-order valence-electron chi connectivity index (χ0n) is 10.3. The largest absolute Gasteiger partial charge is 0.497 e. The van der Waals surface area contributed by atoms with Crippen molar-refractivity contribution >= 4 is 5.69 Å². The summed E-state index contributed by atoms with van der Waals surface area (Å²) in [5, 5.41) is 11.4. The summed E-state index contributed by atoms with van der Waals surface area (Å²) in [7, 11) is 3.61. The fourth-order valence-corrected chi connectivity index (χ4v) is 1.52. The Morgan fingerprint density at radius 2 is 2.18 bits per heavy atom. The first-order valence-electron chi connectivity index (χ1n) is 5.43. The van der Waals surface area contributed by atoms with Gasteiger partial charge in [-0.25, -0.2) is 0 Å². The summed E-state index contributed by atoms with van der Waals surface area (Å²) in [6.45, 7) is 2.58. The highest BCUT2D eigenvalue weighted by Crippen LogP contribution is 2.17. The lowest BCUT2D eigenvalue weighted by molar-refractivity contribution is 0.415. The Balaban J connectivity index is 2.04. The van der Waals surface area contributed by atoms with E-state index in [4.69, 9.17) is 4.74 Å². The Bertz CT molecular complexity index is 507. The van der Waals surface area contributed by atoms with E-state index in [0.717, 1.165) is 23.1 Å². The number of anilines is 1. The van der Waals surface area contributed by atoms with Gasteiger partial charge in [0.05, 0.1) is 13.7 Å². The first-order chi connectivity index (χ1) is 8.20. The maximum Gasteiger partial charge on any atom is 0.152 e. The molecule has 0 saturated carbocycles. The van der Waals surface area contributed by atoms with Gasteiger partial charge in [0.1, 0.15) is 11.6 Å². The van der Waals surface area contributed by atoms with Gasteiger partial charge in [-0.1, -0.05) is 6.07 Å². The van der Waals surface area contributed by atoms with E-state index in [2.05, 4.69) is 15.5 Å². The number of rotatable bonds is 4. The second-order valence-corrected chi connectivity index (χ2v) is 3.81. The zero-order valence-corrected chi connectivity index (χ0v) is 10.3. The first kappa shape index (κ1) is 11.4. The van der Waals surface area contributed by atoms with Gasteiger partial charge in [-0.2, -0.15) is 0 Å². The van der Waals surface area contributed by atoms with Crippen molar-refractivity contribution in [3.8, 4) is 5.75 Å². The zero-order chi connectivity index (χ0) is 12.3. The molecule has 0 unspecified atom stereocenters. The van der Waals surface area contributed by atoms with Crippen LogP contribution in [0.1, 0.15) is 11.6 Å². The molecule has 1 aromatic carbocycles. The van der Waals surface area contributed by atoms with E-state index < -0.39 is 0 Å². The summed E-state index contributed by atoms with van der Waals surface area (Å²) < 4.78 is 7.13. The second-order valence-electron chi connectivity index (χ2n) is 3.81. The van der Waals surface area contributed by atoms with Gasteiger partial charge in [-0.3, -0.25) is 0 Å². The molecule has 17 heavy (non-hydrogen) atoms. The van der Waals surface area contributed by atoms with Crippen LogP contribution in [0.2, 0.25) is 0 Å². The lowest BCUT2D eigenvalue weighted by atomic mass is 10.3. The van der Waals surface area contributed by atoms with Gasteiger partial charge in [0.15, 0.2) is 5.82 Å². The van der Waals surface area contributed by atoms with E-state index >= 15 is 0 Å². The molecule has 1 aromatic heterocycles. The number of nitrogens with one attached hydrogen (secondary N) is 1. The highest BCUT2D eigenvalue weighted by molar-refractivity contribution is 5.48. The lowest BCUT2D eigenvalue weighted by Crippen LogP contribution is -2.06. The second kappa shape index (κ2) is 4.86. The van der Waals surface area contributed by atoms with Crippen molar-refractivity contribution in [2.45, 2.75) is 13.5 Å². The molecule has 0 saturated heterocycles. The van der Waals surface area contributed by atoms with Crippen LogP contribution in [-0.2, 0) is 13.6 Å². The average molecular weight is 232 g/mol. The molecule has 0 fully saturated rings. The minimum Gasteiger partial charge on any atom is -0.497 e. The third-order valence-corrected chi connectivity index (χ3v) is 2.70. The summed E-state index contributed by atoms with van der Waals surface area (Å²) in [5.41, 5.74) is 1.00. The van der Waals surface area contributed by atoms with Gasteiger partial charge in [0, 0.05) is 18.8 Å². The molecule has 0 amide bonds. The fourth-order valence-electron chi connectivity index (χ4n) is 1.52. The highest BCUT2D eigenvalue weighted by atomic mass is 16.5. The summed E-state index contributed by atoms with van der Waals surface area (Å²) in [4.78, 5) is 0. The molecule has 0 aliphatic heterocycles. The number of aromatic nitrogens is 3. The predicted molar refractivity (Wildman–Crippen MR) is 66.1 cm³/mol. The van der Waals surface area contributed by atoms with E-state index in [1.807, 2.05) is 42.8 Å². The number of aryl methyl sites for hydroxylation is 1. The average Bonchev–Trinajstić information content (AvgIpc) is 2.68. The molecule has 5 heteroatoms. The molecule has 0 aliphatic rings. The standard InChI is InChI=1S/C12H16N4O/c1-9-14-15-12(16(9)2)8-13-10-5-4-6-11(7-10)17-3/h4-7,13H,8H2,1-3H3. The van der Waals surface area contributed by atoms with Crippen molar-refractivity contribution in [2.24, 2.45) is 7.05 Å². The van der Waals surface area contributed by atoms with E-state index in [0.29, 0.717) is 6.54 Å². The van der Waals surface area contributed by atoms with Crippen LogP contribution < -0.4 is 10.1 Å². The van der Waals surface area contributed by atoms with Crippen molar-refractivity contribution in [2.75, 3.05) is 12.4 Å². The topological polar surface area (TPSA) is 52.0 Å². The van der Waals surface area contributed by atoms with Gasteiger partial charge in [0.2, 0.25) is 0 Å².